The second-order valence-electron chi connectivity index (χ2n) is 3.88. The highest BCUT2D eigenvalue weighted by molar-refractivity contribution is 6.31. The number of hydrogen-bond donors (Lipinski definition) is 2. The number of halogens is 1. The zero-order chi connectivity index (χ0) is 12.0. The third kappa shape index (κ3) is 4.81. The zero-order valence-electron chi connectivity index (χ0n) is 9.29. The van der Waals surface area contributed by atoms with Crippen LogP contribution < -0.4 is 10.6 Å². The van der Waals surface area contributed by atoms with Gasteiger partial charge in [0.2, 0.25) is 5.91 Å². The van der Waals surface area contributed by atoms with Crippen molar-refractivity contribution >= 4 is 23.5 Å². The van der Waals surface area contributed by atoms with Gasteiger partial charge in [-0.2, -0.15) is 0 Å². The number of urea groups is 1. The van der Waals surface area contributed by atoms with E-state index in [2.05, 4.69) is 10.6 Å². The summed E-state index contributed by atoms with van der Waals surface area (Å²) in [4.78, 5) is 22.2. The van der Waals surface area contributed by atoms with E-state index in [1.807, 2.05) is 0 Å². The first-order valence-corrected chi connectivity index (χ1v) is 5.83. The third-order valence-electron chi connectivity index (χ3n) is 2.46. The molecule has 2 unspecified atom stereocenters. The van der Waals surface area contributed by atoms with Gasteiger partial charge in [-0.15, -0.1) is 11.6 Å². The highest BCUT2D eigenvalue weighted by Crippen LogP contribution is 2.14. The minimum Gasteiger partial charge on any atom is -0.381 e. The van der Waals surface area contributed by atoms with E-state index in [0.717, 1.165) is 26.1 Å². The van der Waals surface area contributed by atoms with Crippen molar-refractivity contribution in [3.05, 3.63) is 0 Å². The highest BCUT2D eigenvalue weighted by atomic mass is 35.5. The summed E-state index contributed by atoms with van der Waals surface area (Å²) in [5.41, 5.74) is 0. The van der Waals surface area contributed by atoms with Crippen molar-refractivity contribution in [1.29, 1.82) is 0 Å². The molecule has 3 amide bonds. The Hall–Kier alpha value is -0.810. The van der Waals surface area contributed by atoms with Crippen molar-refractivity contribution in [2.45, 2.75) is 25.1 Å². The third-order valence-corrected chi connectivity index (χ3v) is 2.66. The van der Waals surface area contributed by atoms with Crippen LogP contribution >= 0.6 is 11.6 Å². The molecule has 16 heavy (non-hydrogen) atoms. The number of imide groups is 1. The molecular weight excluding hydrogens is 232 g/mol. The molecule has 1 saturated heterocycles. The SMILES string of the molecule is CC(Cl)C(=O)NC(=O)NCCC1CCOC1. The van der Waals surface area contributed by atoms with Gasteiger partial charge in [-0.1, -0.05) is 0 Å². The van der Waals surface area contributed by atoms with E-state index in [1.54, 1.807) is 0 Å². The van der Waals surface area contributed by atoms with E-state index in [0.29, 0.717) is 12.5 Å². The number of carbonyl (C=O) groups is 2. The summed E-state index contributed by atoms with van der Waals surface area (Å²) in [6.07, 6.45) is 1.92. The van der Waals surface area contributed by atoms with Gasteiger partial charge in [-0.05, 0) is 25.7 Å². The fourth-order valence-electron chi connectivity index (χ4n) is 1.46. The number of nitrogens with one attached hydrogen (secondary N) is 2. The number of carbonyl (C=O) groups excluding carboxylic acids is 2. The van der Waals surface area contributed by atoms with Crippen LogP contribution in [0, 0.1) is 5.92 Å². The van der Waals surface area contributed by atoms with Gasteiger partial charge in [-0.25, -0.2) is 4.79 Å². The van der Waals surface area contributed by atoms with E-state index >= 15 is 0 Å². The molecule has 0 aromatic heterocycles. The molecule has 0 radical (unpaired) electrons. The molecule has 0 aromatic rings. The molecule has 5 nitrogen and oxygen atoms in total. The summed E-state index contributed by atoms with van der Waals surface area (Å²) in [5, 5.41) is 4.06. The molecule has 2 atom stereocenters. The van der Waals surface area contributed by atoms with Gasteiger partial charge in [0.05, 0.1) is 0 Å². The number of alkyl halides is 1. The van der Waals surface area contributed by atoms with E-state index in [9.17, 15) is 9.59 Å². The summed E-state index contributed by atoms with van der Waals surface area (Å²) < 4.78 is 5.21. The predicted molar refractivity (Wildman–Crippen MR) is 60.4 cm³/mol. The molecule has 1 aliphatic heterocycles. The first-order chi connectivity index (χ1) is 7.59. The largest absolute Gasteiger partial charge is 0.381 e. The first kappa shape index (κ1) is 13.3. The Morgan fingerprint density at radius 2 is 2.31 bits per heavy atom. The van der Waals surface area contributed by atoms with Crippen LogP contribution in [0.25, 0.3) is 0 Å². The molecule has 6 heteroatoms. The molecule has 1 fully saturated rings. The van der Waals surface area contributed by atoms with Gasteiger partial charge in [0.1, 0.15) is 5.38 Å². The maximum atomic E-state index is 11.2. The van der Waals surface area contributed by atoms with Gasteiger partial charge >= 0.3 is 6.03 Å². The average Bonchev–Trinajstić information content (AvgIpc) is 2.70. The van der Waals surface area contributed by atoms with E-state index in [4.69, 9.17) is 16.3 Å². The lowest BCUT2D eigenvalue weighted by Gasteiger charge is -2.09. The predicted octanol–water partition coefficient (Wildman–Crippen LogP) is 0.866. The Kier molecular flexibility index (Phi) is 5.55. The Bertz CT molecular complexity index is 252. The van der Waals surface area contributed by atoms with Crippen LogP contribution in [-0.2, 0) is 9.53 Å². The van der Waals surface area contributed by atoms with E-state index in [-0.39, 0.29) is 0 Å². The summed E-state index contributed by atoms with van der Waals surface area (Å²) >= 11 is 5.50. The van der Waals surface area contributed by atoms with Crippen LogP contribution in [0.2, 0.25) is 0 Å². The number of amides is 3. The summed E-state index contributed by atoms with van der Waals surface area (Å²) in [6, 6.07) is -0.489. The lowest BCUT2D eigenvalue weighted by molar-refractivity contribution is -0.119. The number of rotatable bonds is 4. The zero-order valence-corrected chi connectivity index (χ0v) is 10.0. The molecule has 0 aliphatic carbocycles. The van der Waals surface area contributed by atoms with E-state index in [1.165, 1.54) is 6.92 Å². The van der Waals surface area contributed by atoms with Crippen LogP contribution in [-0.4, -0.2) is 37.1 Å². The van der Waals surface area contributed by atoms with Gasteiger partial charge in [0, 0.05) is 19.8 Å². The Balaban J connectivity index is 2.08. The monoisotopic (exact) mass is 248 g/mol. The van der Waals surface area contributed by atoms with Crippen LogP contribution in [0.15, 0.2) is 0 Å². The lowest BCUT2D eigenvalue weighted by atomic mass is 10.1. The second-order valence-corrected chi connectivity index (χ2v) is 4.53. The van der Waals surface area contributed by atoms with Crippen molar-refractivity contribution in [3.63, 3.8) is 0 Å². The van der Waals surface area contributed by atoms with Crippen molar-refractivity contribution in [1.82, 2.24) is 10.6 Å². The standard InChI is InChI=1S/C10H17ClN2O3/c1-7(11)9(14)13-10(15)12-4-2-8-3-5-16-6-8/h7-8H,2-6H2,1H3,(H2,12,13,14,15). The van der Waals surface area contributed by atoms with Gasteiger partial charge in [-0.3, -0.25) is 10.1 Å². The number of ether oxygens (including phenoxy) is 1. The molecule has 92 valence electrons. The van der Waals surface area contributed by atoms with Gasteiger partial charge < -0.3 is 10.1 Å². The number of hydrogen-bond acceptors (Lipinski definition) is 3. The highest BCUT2D eigenvalue weighted by Gasteiger charge is 2.16. The lowest BCUT2D eigenvalue weighted by Crippen LogP contribution is -2.42. The summed E-state index contributed by atoms with van der Waals surface area (Å²) in [7, 11) is 0. The minimum absolute atomic E-state index is 0.483. The molecule has 0 spiro atoms. The minimum atomic E-state index is -0.700. The Morgan fingerprint density at radius 3 is 2.88 bits per heavy atom. The molecule has 0 bridgehead atoms. The molecule has 0 aromatic carbocycles. The van der Waals surface area contributed by atoms with E-state index < -0.39 is 17.3 Å². The maximum Gasteiger partial charge on any atom is 0.321 e. The van der Waals surface area contributed by atoms with Crippen molar-refractivity contribution < 1.29 is 14.3 Å². The maximum absolute atomic E-state index is 11.2. The van der Waals surface area contributed by atoms with Gasteiger partial charge in [0.15, 0.2) is 0 Å². The van der Waals surface area contributed by atoms with Crippen LogP contribution in [0.5, 0.6) is 0 Å². The van der Waals surface area contributed by atoms with Crippen LogP contribution in [0.1, 0.15) is 19.8 Å². The van der Waals surface area contributed by atoms with Crippen molar-refractivity contribution in [2.75, 3.05) is 19.8 Å². The quantitative estimate of drug-likeness (QED) is 0.726. The summed E-state index contributed by atoms with van der Waals surface area (Å²) in [5.74, 6) is 0.0336. The summed E-state index contributed by atoms with van der Waals surface area (Å²) in [6.45, 7) is 3.63. The van der Waals surface area contributed by atoms with Gasteiger partial charge in [0.25, 0.3) is 0 Å². The molecule has 1 aliphatic rings. The average molecular weight is 249 g/mol. The molecule has 1 heterocycles. The topological polar surface area (TPSA) is 67.4 Å². The van der Waals surface area contributed by atoms with Crippen LogP contribution in [0.4, 0.5) is 4.79 Å². The molecular formula is C10H17ClN2O3. The Morgan fingerprint density at radius 1 is 1.56 bits per heavy atom. The fourth-order valence-corrected chi connectivity index (χ4v) is 1.51. The van der Waals surface area contributed by atoms with Crippen LogP contribution in [0.3, 0.4) is 0 Å². The van der Waals surface area contributed by atoms with Crippen molar-refractivity contribution in [2.24, 2.45) is 5.92 Å². The normalized spacial score (nSPS) is 21.5. The molecule has 0 saturated carbocycles. The van der Waals surface area contributed by atoms with Crippen molar-refractivity contribution in [3.8, 4) is 0 Å². The smallest absolute Gasteiger partial charge is 0.321 e. The fraction of sp³-hybridized carbons (Fsp3) is 0.800. The molecule has 1 rings (SSSR count). The second kappa shape index (κ2) is 6.70. The molecule has 2 N–H and O–H groups in total. The first-order valence-electron chi connectivity index (χ1n) is 5.40. The Labute approximate surface area is 99.9 Å².